The molecule has 0 aliphatic rings. The molecule has 1 aromatic heterocycles. The van der Waals surface area contributed by atoms with E-state index < -0.39 is 0 Å². The predicted octanol–water partition coefficient (Wildman–Crippen LogP) is 1.33. The third kappa shape index (κ3) is 6.98. The van der Waals surface area contributed by atoms with Gasteiger partial charge in [-0.1, -0.05) is 20.0 Å². The van der Waals surface area contributed by atoms with Crippen molar-refractivity contribution in [1.82, 2.24) is 4.98 Å². The van der Waals surface area contributed by atoms with Gasteiger partial charge in [-0.2, -0.15) is 0 Å². The average Bonchev–Trinajstić information content (AvgIpc) is 2.13. The molecule has 1 amide bonds. The maximum absolute atomic E-state index is 10.7. The molecular weight excluding hydrogens is 257 g/mol. The molecule has 5 heteroatoms. The van der Waals surface area contributed by atoms with Gasteiger partial charge in [0.1, 0.15) is 5.43 Å². The molecule has 4 nitrogen and oxygen atoms in total. The summed E-state index contributed by atoms with van der Waals surface area (Å²) in [5.74, 6) is 0. The van der Waals surface area contributed by atoms with Gasteiger partial charge in [-0.25, -0.2) is 0 Å². The number of nitrogens with one attached hydrogen (secondary N) is 2. The molecule has 2 N–H and O–H groups in total. The van der Waals surface area contributed by atoms with Gasteiger partial charge in [-0.15, -0.1) is 0 Å². The van der Waals surface area contributed by atoms with Crippen LogP contribution in [-0.4, -0.2) is 11.4 Å². The zero-order valence-corrected chi connectivity index (χ0v) is 11.5. The third-order valence-corrected chi connectivity index (χ3v) is 1.01. The van der Waals surface area contributed by atoms with E-state index in [1.165, 1.54) is 24.9 Å². The minimum absolute atomic E-state index is 0. The molecule has 0 aromatic carbocycles. The largest absolute Gasteiger partial charge is 0.486 e. The van der Waals surface area contributed by atoms with Gasteiger partial charge < -0.3 is 27.3 Å². The van der Waals surface area contributed by atoms with Gasteiger partial charge in [-0.05, 0) is 11.8 Å². The molecule has 77 valence electrons. The SMILES string of the molecule is CC.O=[C-]Nc1c[nH]ccc1=O.[CH3-].[Y]. The van der Waals surface area contributed by atoms with Crippen LogP contribution in [-0.2, 0) is 37.5 Å². The van der Waals surface area contributed by atoms with Crippen molar-refractivity contribution in [2.75, 3.05) is 5.32 Å². The summed E-state index contributed by atoms with van der Waals surface area (Å²) in [6, 6.07) is 1.32. The van der Waals surface area contributed by atoms with E-state index in [1.54, 1.807) is 0 Å². The van der Waals surface area contributed by atoms with Crippen molar-refractivity contribution in [3.8, 4) is 0 Å². The molecule has 0 saturated carbocycles. The zero-order valence-electron chi connectivity index (χ0n) is 8.63. The molecule has 0 atom stereocenters. The smallest absolute Gasteiger partial charge is 0.124 e. The average molecular weight is 271 g/mol. The first-order chi connectivity index (χ1) is 5.84. The Hall–Kier alpha value is -0.476. The topological polar surface area (TPSA) is 62.0 Å². The summed E-state index contributed by atoms with van der Waals surface area (Å²) in [6.45, 7) is 4.00. The molecular formula is C9H14N2O2Y-2. The van der Waals surface area contributed by atoms with Gasteiger partial charge in [0, 0.05) is 38.9 Å². The summed E-state index contributed by atoms with van der Waals surface area (Å²) in [6.07, 6.45) is 4.29. The fourth-order valence-electron chi connectivity index (χ4n) is 0.569. The Labute approximate surface area is 109 Å². The Bertz CT molecular complexity index is 286. The summed E-state index contributed by atoms with van der Waals surface area (Å²) in [5.41, 5.74) is -0.0281. The van der Waals surface area contributed by atoms with E-state index in [-0.39, 0.29) is 51.3 Å². The fourth-order valence-corrected chi connectivity index (χ4v) is 0.569. The summed E-state index contributed by atoms with van der Waals surface area (Å²) in [5, 5.41) is 2.13. The third-order valence-electron chi connectivity index (χ3n) is 1.01. The molecule has 1 aromatic rings. The maximum Gasteiger partial charge on any atom is 0.124 e. The van der Waals surface area contributed by atoms with Gasteiger partial charge in [0.2, 0.25) is 0 Å². The van der Waals surface area contributed by atoms with Crippen molar-refractivity contribution < 1.29 is 37.5 Å². The molecule has 0 fully saturated rings. The summed E-state index contributed by atoms with van der Waals surface area (Å²) >= 11 is 0. The van der Waals surface area contributed by atoms with Crippen molar-refractivity contribution in [3.63, 3.8) is 0 Å². The van der Waals surface area contributed by atoms with Crippen molar-refractivity contribution in [3.05, 3.63) is 36.1 Å². The van der Waals surface area contributed by atoms with Crippen LogP contribution in [0.25, 0.3) is 0 Å². The Balaban J connectivity index is -0.000000284. The molecule has 0 saturated heterocycles. The second-order valence-electron chi connectivity index (χ2n) is 1.65. The van der Waals surface area contributed by atoms with E-state index >= 15 is 0 Å². The Kier molecular flexibility index (Phi) is 17.1. The number of hydrogen-bond donors (Lipinski definition) is 2. The number of hydrogen-bond acceptors (Lipinski definition) is 2. The number of rotatable bonds is 2. The van der Waals surface area contributed by atoms with Crippen molar-refractivity contribution in [1.29, 1.82) is 0 Å². The van der Waals surface area contributed by atoms with Gasteiger partial charge in [-0.3, -0.25) is 0 Å². The first-order valence-electron chi connectivity index (χ1n) is 3.65. The molecule has 0 spiro atoms. The zero-order chi connectivity index (χ0) is 9.40. The molecule has 0 unspecified atom stereocenters. The number of pyridine rings is 1. The van der Waals surface area contributed by atoms with Crippen LogP contribution in [0, 0.1) is 7.43 Å². The molecule has 1 heterocycles. The first-order valence-corrected chi connectivity index (χ1v) is 3.65. The normalized spacial score (nSPS) is 6.71. The quantitative estimate of drug-likeness (QED) is 0.629. The molecule has 14 heavy (non-hydrogen) atoms. The van der Waals surface area contributed by atoms with Crippen LogP contribution < -0.4 is 10.7 Å². The minimum atomic E-state index is -0.234. The van der Waals surface area contributed by atoms with E-state index in [1.807, 2.05) is 13.8 Å². The Morgan fingerprint density at radius 2 is 2.00 bits per heavy atom. The number of aromatic amines is 1. The van der Waals surface area contributed by atoms with E-state index in [4.69, 9.17) is 0 Å². The maximum atomic E-state index is 10.7. The van der Waals surface area contributed by atoms with Crippen molar-refractivity contribution in [2.24, 2.45) is 0 Å². The predicted molar refractivity (Wildman–Crippen MR) is 54.1 cm³/mol. The van der Waals surface area contributed by atoms with Crippen LogP contribution in [0.5, 0.6) is 0 Å². The van der Waals surface area contributed by atoms with Gasteiger partial charge in [0.05, 0.1) is 6.41 Å². The standard InChI is InChI=1S/C6H5N2O2.C2H6.CH3.Y/c9-4-8-5-3-7-2-1-6(5)10;1-2;;/h1-3H,(H,7,10)(H,8,9);1-2H3;1H3;/q-1;;-1;. The van der Waals surface area contributed by atoms with E-state index in [2.05, 4.69) is 10.3 Å². The van der Waals surface area contributed by atoms with Crippen molar-refractivity contribution >= 4 is 12.1 Å². The van der Waals surface area contributed by atoms with Gasteiger partial charge >= 0.3 is 0 Å². The van der Waals surface area contributed by atoms with Crippen LogP contribution in [0.4, 0.5) is 5.69 Å². The Morgan fingerprint density at radius 3 is 2.43 bits per heavy atom. The van der Waals surface area contributed by atoms with Crippen LogP contribution >= 0.6 is 0 Å². The van der Waals surface area contributed by atoms with E-state index in [0.717, 1.165) is 0 Å². The van der Waals surface area contributed by atoms with E-state index in [0.29, 0.717) is 0 Å². The molecule has 0 aliphatic heterocycles. The number of amides is 1. The van der Waals surface area contributed by atoms with Crippen LogP contribution in [0.15, 0.2) is 23.3 Å². The number of H-pyrrole nitrogens is 1. The van der Waals surface area contributed by atoms with Gasteiger partial charge in [0.15, 0.2) is 0 Å². The summed E-state index contributed by atoms with van der Waals surface area (Å²) in [7, 11) is 0. The van der Waals surface area contributed by atoms with Gasteiger partial charge in [0.25, 0.3) is 0 Å². The monoisotopic (exact) mass is 271 g/mol. The fraction of sp³-hybridized carbons (Fsp3) is 0.222. The molecule has 0 bridgehead atoms. The minimum Gasteiger partial charge on any atom is -0.486 e. The number of anilines is 1. The van der Waals surface area contributed by atoms with Crippen molar-refractivity contribution in [2.45, 2.75) is 13.8 Å². The molecule has 1 radical (unpaired) electrons. The first kappa shape index (κ1) is 19.2. The molecule has 0 aliphatic carbocycles. The van der Waals surface area contributed by atoms with Crippen LogP contribution in [0.3, 0.4) is 0 Å². The van der Waals surface area contributed by atoms with Crippen LogP contribution in [0.2, 0.25) is 0 Å². The summed E-state index contributed by atoms with van der Waals surface area (Å²) < 4.78 is 0. The number of aromatic nitrogens is 1. The second kappa shape index (κ2) is 12.5. The van der Waals surface area contributed by atoms with E-state index in [9.17, 15) is 9.59 Å². The molecule has 1 rings (SSSR count). The number of carbonyl (C=O) groups excluding carboxylic acids is 1. The van der Waals surface area contributed by atoms with Crippen LogP contribution in [0.1, 0.15) is 13.8 Å². The Morgan fingerprint density at radius 1 is 1.43 bits per heavy atom. The summed E-state index contributed by atoms with van der Waals surface area (Å²) in [4.78, 5) is 23.1. The second-order valence-corrected chi connectivity index (χ2v) is 1.65.